The van der Waals surface area contributed by atoms with Crippen LogP contribution >= 0.6 is 22.6 Å². The first-order valence-electron chi connectivity index (χ1n) is 4.88. The van der Waals surface area contributed by atoms with Crippen LogP contribution in [0.5, 0.6) is 0 Å². The van der Waals surface area contributed by atoms with Crippen molar-refractivity contribution in [1.82, 2.24) is 10.2 Å². The van der Waals surface area contributed by atoms with E-state index in [0.717, 1.165) is 0 Å². The van der Waals surface area contributed by atoms with Gasteiger partial charge in [-0.1, -0.05) is 0 Å². The Morgan fingerprint density at radius 1 is 1.44 bits per heavy atom. The van der Waals surface area contributed by atoms with Gasteiger partial charge in [0.25, 0.3) is 10.0 Å². The number of H-pyrrole nitrogens is 1. The Hall–Kier alpha value is -1.16. The highest BCUT2D eigenvalue weighted by molar-refractivity contribution is 14.1. The summed E-state index contributed by atoms with van der Waals surface area (Å²) < 4.78 is 39.9. The molecule has 2 aromatic rings. The minimum atomic E-state index is -3.71. The van der Waals surface area contributed by atoms with Gasteiger partial charge in [-0.2, -0.15) is 5.10 Å². The fourth-order valence-electron chi connectivity index (χ4n) is 1.38. The molecule has 1 heterocycles. The van der Waals surface area contributed by atoms with Gasteiger partial charge in [0, 0.05) is 3.57 Å². The second-order valence-corrected chi connectivity index (χ2v) is 6.40. The van der Waals surface area contributed by atoms with E-state index in [1.54, 1.807) is 6.92 Å². The molecule has 1 aromatic heterocycles. The number of anilines is 1. The first kappa shape index (κ1) is 13.3. The number of aromatic amines is 1. The molecule has 0 saturated heterocycles. The SMILES string of the molecule is Cc1[nH]ncc1S(=O)(=O)Nc1ccc(F)cc1I. The minimum absolute atomic E-state index is 0.0719. The fourth-order valence-corrected chi connectivity index (χ4v) is 3.40. The zero-order valence-electron chi connectivity index (χ0n) is 9.24. The Balaban J connectivity index is 2.37. The highest BCUT2D eigenvalue weighted by Crippen LogP contribution is 2.23. The molecule has 0 aliphatic carbocycles. The van der Waals surface area contributed by atoms with Gasteiger partial charge in [0.2, 0.25) is 0 Å². The first-order valence-corrected chi connectivity index (χ1v) is 7.44. The van der Waals surface area contributed by atoms with Crippen molar-refractivity contribution in [3.05, 3.63) is 39.5 Å². The number of nitrogens with zero attached hydrogens (tertiary/aromatic N) is 1. The number of benzene rings is 1. The van der Waals surface area contributed by atoms with Crippen molar-refractivity contribution < 1.29 is 12.8 Å². The minimum Gasteiger partial charge on any atom is -0.281 e. The van der Waals surface area contributed by atoms with Crippen LogP contribution in [-0.4, -0.2) is 18.6 Å². The molecule has 0 saturated carbocycles. The van der Waals surface area contributed by atoms with Gasteiger partial charge >= 0.3 is 0 Å². The second kappa shape index (κ2) is 4.84. The predicted molar refractivity (Wildman–Crippen MR) is 73.3 cm³/mol. The highest BCUT2D eigenvalue weighted by atomic mass is 127. The molecule has 0 aliphatic rings. The summed E-state index contributed by atoms with van der Waals surface area (Å²) in [5.74, 6) is -0.415. The Morgan fingerprint density at radius 2 is 2.17 bits per heavy atom. The smallest absolute Gasteiger partial charge is 0.265 e. The lowest BCUT2D eigenvalue weighted by Crippen LogP contribution is -2.14. The van der Waals surface area contributed by atoms with Gasteiger partial charge in [0.1, 0.15) is 10.7 Å². The average molecular weight is 381 g/mol. The first-order chi connectivity index (χ1) is 8.40. The number of sulfonamides is 1. The van der Waals surface area contributed by atoms with Crippen molar-refractivity contribution in [1.29, 1.82) is 0 Å². The molecular weight excluding hydrogens is 372 g/mol. The maximum absolute atomic E-state index is 12.9. The van der Waals surface area contributed by atoms with Crippen molar-refractivity contribution in [2.75, 3.05) is 4.72 Å². The summed E-state index contributed by atoms with van der Waals surface area (Å²) in [7, 11) is -3.71. The van der Waals surface area contributed by atoms with Crippen LogP contribution in [-0.2, 0) is 10.0 Å². The summed E-state index contributed by atoms with van der Waals surface area (Å²) in [4.78, 5) is 0.0719. The number of aryl methyl sites for hydroxylation is 1. The van der Waals surface area contributed by atoms with Crippen LogP contribution < -0.4 is 4.72 Å². The van der Waals surface area contributed by atoms with E-state index in [9.17, 15) is 12.8 Å². The zero-order valence-corrected chi connectivity index (χ0v) is 12.2. The van der Waals surface area contributed by atoms with E-state index in [-0.39, 0.29) is 4.90 Å². The third-order valence-corrected chi connectivity index (χ3v) is 4.62. The molecule has 0 unspecified atom stereocenters. The molecular formula is C10H9FIN3O2S. The summed E-state index contributed by atoms with van der Waals surface area (Å²) in [5, 5.41) is 6.21. The quantitative estimate of drug-likeness (QED) is 0.802. The topological polar surface area (TPSA) is 74.8 Å². The Morgan fingerprint density at radius 3 is 2.72 bits per heavy atom. The zero-order chi connectivity index (χ0) is 13.3. The Labute approximate surface area is 117 Å². The molecule has 0 radical (unpaired) electrons. The lowest BCUT2D eigenvalue weighted by Gasteiger charge is -2.08. The van der Waals surface area contributed by atoms with E-state index >= 15 is 0 Å². The molecule has 0 atom stereocenters. The lowest BCUT2D eigenvalue weighted by molar-refractivity contribution is 0.600. The number of nitrogens with one attached hydrogen (secondary N) is 2. The average Bonchev–Trinajstić information content (AvgIpc) is 2.69. The van der Waals surface area contributed by atoms with Crippen LogP contribution in [0.1, 0.15) is 5.69 Å². The van der Waals surface area contributed by atoms with Crippen LogP contribution in [0.25, 0.3) is 0 Å². The molecule has 8 heteroatoms. The molecule has 0 fully saturated rings. The molecule has 0 amide bonds. The van der Waals surface area contributed by atoms with Crippen LogP contribution in [0.4, 0.5) is 10.1 Å². The third kappa shape index (κ3) is 2.64. The van der Waals surface area contributed by atoms with Gasteiger partial charge in [-0.3, -0.25) is 9.82 Å². The molecule has 0 aliphatic heterocycles. The van der Waals surface area contributed by atoms with Gasteiger partial charge in [-0.25, -0.2) is 12.8 Å². The van der Waals surface area contributed by atoms with E-state index in [1.165, 1.54) is 24.4 Å². The number of hydrogen-bond donors (Lipinski definition) is 2. The molecule has 2 N–H and O–H groups in total. The van der Waals surface area contributed by atoms with E-state index in [4.69, 9.17) is 0 Å². The molecule has 1 aromatic carbocycles. The summed E-state index contributed by atoms with van der Waals surface area (Å²) >= 11 is 1.86. The van der Waals surface area contributed by atoms with Gasteiger partial charge < -0.3 is 0 Å². The van der Waals surface area contributed by atoms with Crippen LogP contribution in [0.3, 0.4) is 0 Å². The van der Waals surface area contributed by atoms with Gasteiger partial charge in [0.15, 0.2) is 0 Å². The maximum Gasteiger partial charge on any atom is 0.265 e. The van der Waals surface area contributed by atoms with Gasteiger partial charge in [-0.05, 0) is 47.7 Å². The summed E-state index contributed by atoms with van der Waals surface area (Å²) in [6.45, 7) is 1.61. The third-order valence-electron chi connectivity index (χ3n) is 2.25. The van der Waals surface area contributed by atoms with Gasteiger partial charge in [0.05, 0.1) is 17.6 Å². The largest absolute Gasteiger partial charge is 0.281 e. The lowest BCUT2D eigenvalue weighted by atomic mass is 10.3. The van der Waals surface area contributed by atoms with Crippen molar-refractivity contribution in [2.24, 2.45) is 0 Å². The Kier molecular flexibility index (Phi) is 3.57. The fraction of sp³-hybridized carbons (Fsp3) is 0.100. The van der Waals surface area contributed by atoms with Gasteiger partial charge in [-0.15, -0.1) is 0 Å². The van der Waals surface area contributed by atoms with Crippen molar-refractivity contribution >= 4 is 38.3 Å². The number of hydrogen-bond acceptors (Lipinski definition) is 3. The van der Waals surface area contributed by atoms with Crippen molar-refractivity contribution in [3.63, 3.8) is 0 Å². The highest BCUT2D eigenvalue weighted by Gasteiger charge is 2.19. The molecule has 0 bridgehead atoms. The number of aromatic nitrogens is 2. The summed E-state index contributed by atoms with van der Waals surface area (Å²) in [6.07, 6.45) is 1.23. The normalized spacial score (nSPS) is 11.5. The van der Waals surface area contributed by atoms with Crippen molar-refractivity contribution in [3.8, 4) is 0 Å². The van der Waals surface area contributed by atoms with Crippen LogP contribution in [0.15, 0.2) is 29.3 Å². The maximum atomic E-state index is 12.9. The summed E-state index contributed by atoms with van der Waals surface area (Å²) in [5.41, 5.74) is 0.775. The molecule has 18 heavy (non-hydrogen) atoms. The number of rotatable bonds is 3. The molecule has 0 spiro atoms. The van der Waals surface area contributed by atoms with E-state index in [2.05, 4.69) is 14.9 Å². The van der Waals surface area contributed by atoms with Crippen LogP contribution in [0.2, 0.25) is 0 Å². The Bertz CT molecular complexity index is 684. The second-order valence-electron chi connectivity index (χ2n) is 3.59. The summed E-state index contributed by atoms with van der Waals surface area (Å²) in [6, 6.07) is 3.83. The monoisotopic (exact) mass is 381 g/mol. The molecule has 2 rings (SSSR count). The van der Waals surface area contributed by atoms with E-state index < -0.39 is 15.8 Å². The van der Waals surface area contributed by atoms with Crippen LogP contribution in [0, 0.1) is 16.3 Å². The predicted octanol–water partition coefficient (Wildman–Crippen LogP) is 2.26. The van der Waals surface area contributed by atoms with E-state index in [1.807, 2.05) is 22.6 Å². The number of halogens is 2. The standard InChI is InChI=1S/C10H9FIN3O2S/c1-6-10(5-13-14-6)18(16,17)15-9-3-2-7(11)4-8(9)12/h2-5,15H,1H3,(H,13,14). The van der Waals surface area contributed by atoms with E-state index in [0.29, 0.717) is 15.0 Å². The molecule has 96 valence electrons. The molecule has 5 nitrogen and oxygen atoms in total. The van der Waals surface area contributed by atoms with Crippen molar-refractivity contribution in [2.45, 2.75) is 11.8 Å².